The van der Waals surface area contributed by atoms with Gasteiger partial charge in [-0.1, -0.05) is 54.7 Å². The quantitative estimate of drug-likeness (QED) is 0.0308. The molecule has 0 aromatic heterocycles. The van der Waals surface area contributed by atoms with Crippen LogP contribution in [0.4, 0.5) is 39.9 Å². The van der Waals surface area contributed by atoms with Crippen LogP contribution >= 0.6 is 22.6 Å². The molecule has 0 bridgehead atoms. The van der Waals surface area contributed by atoms with Gasteiger partial charge in [-0.05, 0) is 52.4 Å². The van der Waals surface area contributed by atoms with Gasteiger partial charge in [-0.2, -0.15) is 43.5 Å². The van der Waals surface area contributed by atoms with Gasteiger partial charge in [0.15, 0.2) is 0 Å². The molecule has 1 aliphatic carbocycles. The Bertz CT molecular complexity index is 1200. The van der Waals surface area contributed by atoms with Crippen LogP contribution in [0.3, 0.4) is 0 Å². The van der Waals surface area contributed by atoms with E-state index < -0.39 is 98.4 Å². The van der Waals surface area contributed by atoms with Crippen molar-refractivity contribution in [3.63, 3.8) is 0 Å². The van der Waals surface area contributed by atoms with E-state index in [9.17, 15) is 57.9 Å². The van der Waals surface area contributed by atoms with Gasteiger partial charge in [0.25, 0.3) is 0 Å². The number of hydrogen-bond acceptors (Lipinski definition) is 9. The van der Waals surface area contributed by atoms with E-state index in [0.717, 1.165) is 7.11 Å². The van der Waals surface area contributed by atoms with E-state index in [1.165, 1.54) is 43.4 Å². The lowest BCUT2D eigenvalue weighted by Gasteiger charge is -2.39. The minimum absolute atomic E-state index is 0.0123. The number of carboxylic acid groups (broad SMARTS) is 1. The minimum atomic E-state index is -6.81. The average molecular weight is 850 g/mol. The zero-order valence-electron chi connectivity index (χ0n) is 26.5. The standard InChI is InChI=1S/C27H40F8INO10S/c1-23(2,3)45-22(41)37-20(21(40)44-4)16-13-18(14-16)46-48(42,43)27(34,35)26(32,33)47-25(30,31)24(28,29)15-17(36)11-9-7-5-6-8-10-12-19(38)39/h16-18,20H,5-15H2,1-4H3,(H,37,41)(H,38,39). The molecule has 1 aliphatic rings. The fourth-order valence-corrected chi connectivity index (χ4v) is 6.38. The molecule has 0 heterocycles. The highest BCUT2D eigenvalue weighted by molar-refractivity contribution is 14.1. The highest BCUT2D eigenvalue weighted by Gasteiger charge is 2.75. The topological polar surface area (TPSA) is 155 Å². The SMILES string of the molecule is COC(=O)C(NC(=O)OC(C)(C)C)C1CC(OS(=O)(=O)C(F)(F)C(F)(F)OC(F)(F)C(F)(F)CC(I)CCCCCCCCC(=O)O)C1. The normalized spacial score (nSPS) is 19.2. The molecule has 0 spiro atoms. The Hall–Kier alpha value is -1.75. The van der Waals surface area contributed by atoms with Gasteiger partial charge in [-0.25, -0.2) is 14.3 Å². The Morgan fingerprint density at radius 3 is 1.92 bits per heavy atom. The molecule has 0 aromatic carbocycles. The summed E-state index contributed by atoms with van der Waals surface area (Å²) in [4.78, 5) is 34.6. The van der Waals surface area contributed by atoms with Gasteiger partial charge in [0.05, 0.1) is 13.2 Å². The van der Waals surface area contributed by atoms with Crippen LogP contribution in [-0.2, 0) is 38.1 Å². The van der Waals surface area contributed by atoms with Crippen LogP contribution < -0.4 is 5.32 Å². The molecule has 1 amide bonds. The van der Waals surface area contributed by atoms with E-state index in [2.05, 4.69) is 19.0 Å². The van der Waals surface area contributed by atoms with Gasteiger partial charge in [0.1, 0.15) is 11.6 Å². The third-order valence-corrected chi connectivity index (χ3v) is 9.42. The summed E-state index contributed by atoms with van der Waals surface area (Å²) in [5.74, 6) is -8.46. The Labute approximate surface area is 286 Å². The Morgan fingerprint density at radius 2 is 1.42 bits per heavy atom. The van der Waals surface area contributed by atoms with Gasteiger partial charge in [-0.15, -0.1) is 0 Å². The van der Waals surface area contributed by atoms with Gasteiger partial charge >= 0.3 is 51.5 Å². The van der Waals surface area contributed by atoms with E-state index in [4.69, 9.17) is 9.84 Å². The summed E-state index contributed by atoms with van der Waals surface area (Å²) in [5.41, 5.74) is -1.01. The number of alkyl halides is 9. The van der Waals surface area contributed by atoms with Gasteiger partial charge in [0, 0.05) is 16.8 Å². The molecule has 1 saturated carbocycles. The van der Waals surface area contributed by atoms with Crippen molar-refractivity contribution in [1.82, 2.24) is 5.32 Å². The zero-order valence-corrected chi connectivity index (χ0v) is 29.5. The van der Waals surface area contributed by atoms with Crippen LogP contribution in [0.5, 0.6) is 0 Å². The van der Waals surface area contributed by atoms with E-state index in [1.807, 2.05) is 0 Å². The molecule has 0 aromatic rings. The third-order valence-electron chi connectivity index (χ3n) is 6.96. The van der Waals surface area contributed by atoms with Crippen LogP contribution in [0.25, 0.3) is 0 Å². The number of rotatable bonds is 21. The van der Waals surface area contributed by atoms with E-state index >= 15 is 0 Å². The number of unbranched alkanes of at least 4 members (excludes halogenated alkanes) is 5. The number of hydrogen-bond donors (Lipinski definition) is 2. The number of halogens is 9. The van der Waals surface area contributed by atoms with E-state index in [-0.39, 0.29) is 19.3 Å². The van der Waals surface area contributed by atoms with Crippen LogP contribution in [0.15, 0.2) is 0 Å². The monoisotopic (exact) mass is 849 g/mol. The first-order valence-corrected chi connectivity index (χ1v) is 17.4. The third kappa shape index (κ3) is 13.2. The van der Waals surface area contributed by atoms with Crippen molar-refractivity contribution in [3.05, 3.63) is 0 Å². The summed E-state index contributed by atoms with van der Waals surface area (Å²) in [6.07, 6.45) is -15.9. The predicted octanol–water partition coefficient (Wildman–Crippen LogP) is 7.01. The summed E-state index contributed by atoms with van der Waals surface area (Å²) in [6, 6.07) is -1.50. The molecule has 0 saturated heterocycles. The molecular formula is C27H40F8INO10S. The minimum Gasteiger partial charge on any atom is -0.481 e. The lowest BCUT2D eigenvalue weighted by molar-refractivity contribution is -0.456. The van der Waals surface area contributed by atoms with Gasteiger partial charge in [0.2, 0.25) is 0 Å². The van der Waals surface area contributed by atoms with Crippen LogP contribution in [0.1, 0.15) is 91.4 Å². The number of alkyl carbamates (subject to hydrolysis) is 1. The van der Waals surface area contributed by atoms with Crippen molar-refractivity contribution in [2.24, 2.45) is 5.92 Å². The molecule has 2 N–H and O–H groups in total. The summed E-state index contributed by atoms with van der Waals surface area (Å²) in [7, 11) is -5.88. The molecule has 0 radical (unpaired) electrons. The van der Waals surface area contributed by atoms with Crippen LogP contribution in [0.2, 0.25) is 0 Å². The molecule has 2 atom stereocenters. The van der Waals surface area contributed by atoms with E-state index in [1.54, 1.807) is 0 Å². The largest absolute Gasteiger partial charge is 0.481 e. The fourth-order valence-electron chi connectivity index (χ4n) is 4.42. The van der Waals surface area contributed by atoms with Crippen molar-refractivity contribution in [1.29, 1.82) is 0 Å². The second-order valence-electron chi connectivity index (χ2n) is 12.3. The maximum Gasteiger partial charge on any atom is 0.460 e. The second-order valence-corrected chi connectivity index (χ2v) is 15.6. The smallest absolute Gasteiger partial charge is 0.460 e. The molecular weight excluding hydrogens is 809 g/mol. The Balaban J connectivity index is 2.79. The number of ether oxygens (including phenoxy) is 3. The average Bonchev–Trinajstić information content (AvgIpc) is 2.88. The van der Waals surface area contributed by atoms with Crippen LogP contribution in [-0.4, -0.2) is 83.7 Å². The van der Waals surface area contributed by atoms with Crippen molar-refractivity contribution >= 4 is 50.7 Å². The number of esters is 1. The lowest BCUT2D eigenvalue weighted by atomic mass is 9.77. The highest BCUT2D eigenvalue weighted by Crippen LogP contribution is 2.50. The van der Waals surface area contributed by atoms with Gasteiger partial charge < -0.3 is 19.9 Å². The lowest BCUT2D eigenvalue weighted by Crippen LogP contribution is -2.58. The number of aliphatic carboxylic acids is 1. The first kappa shape index (κ1) is 44.3. The van der Waals surface area contributed by atoms with E-state index in [0.29, 0.717) is 32.1 Å². The molecule has 11 nitrogen and oxygen atoms in total. The number of carboxylic acids is 1. The number of nitrogens with one attached hydrogen (secondary N) is 1. The second kappa shape index (κ2) is 17.5. The maximum atomic E-state index is 14.5. The Kier molecular flexibility index (Phi) is 16.1. The number of carbonyl (C=O) groups is 3. The molecule has 1 rings (SSSR count). The number of carbonyl (C=O) groups excluding carboxylic acids is 2. The molecule has 21 heteroatoms. The highest BCUT2D eigenvalue weighted by atomic mass is 127. The van der Waals surface area contributed by atoms with Crippen molar-refractivity contribution < 1.29 is 81.4 Å². The van der Waals surface area contributed by atoms with Gasteiger partial charge in [-0.3, -0.25) is 8.98 Å². The molecule has 2 unspecified atom stereocenters. The summed E-state index contributed by atoms with van der Waals surface area (Å²) >= 11 is 1.36. The maximum absolute atomic E-state index is 14.5. The summed E-state index contributed by atoms with van der Waals surface area (Å²) in [6.45, 7) is 4.49. The van der Waals surface area contributed by atoms with Crippen molar-refractivity contribution in [3.8, 4) is 0 Å². The summed E-state index contributed by atoms with van der Waals surface area (Å²) < 4.78 is 154. The van der Waals surface area contributed by atoms with Crippen molar-refractivity contribution in [2.45, 2.75) is 136 Å². The number of methoxy groups -OCH3 is 1. The predicted molar refractivity (Wildman–Crippen MR) is 160 cm³/mol. The van der Waals surface area contributed by atoms with Crippen LogP contribution in [0, 0.1) is 5.92 Å². The molecule has 282 valence electrons. The molecule has 1 fully saturated rings. The fraction of sp³-hybridized carbons (Fsp3) is 0.889. The first-order valence-electron chi connectivity index (χ1n) is 14.8. The van der Waals surface area contributed by atoms with Crippen molar-refractivity contribution in [2.75, 3.05) is 7.11 Å². The zero-order chi connectivity index (χ0) is 37.4. The summed E-state index contributed by atoms with van der Waals surface area (Å²) in [5, 5.41) is 4.14. The Morgan fingerprint density at radius 1 is 0.896 bits per heavy atom. The molecule has 0 aliphatic heterocycles. The first-order chi connectivity index (χ1) is 21.7. The molecule has 48 heavy (non-hydrogen) atoms. The number of amides is 1.